The highest BCUT2D eigenvalue weighted by Crippen LogP contribution is 2.29. The Hall–Kier alpha value is -0.630. The minimum atomic E-state index is -1.07. The Balaban J connectivity index is 2.14. The zero-order chi connectivity index (χ0) is 13.2. The molecule has 0 radical (unpaired) electrons. The van der Waals surface area contributed by atoms with E-state index >= 15 is 0 Å². The number of carboxylic acids is 1. The molecule has 1 aromatic rings. The first-order valence-electron chi connectivity index (χ1n) is 5.83. The van der Waals surface area contributed by atoms with Gasteiger partial charge in [-0.1, -0.05) is 19.3 Å². The number of carbonyl (C=O) groups excluding carboxylic acids is 1. The number of amides is 1. The molecule has 2 rings (SSSR count). The van der Waals surface area contributed by atoms with Crippen molar-refractivity contribution >= 4 is 45.8 Å². The molecule has 0 bridgehead atoms. The average Bonchev–Trinajstić information content (AvgIpc) is 2.77. The average molecular weight is 379 g/mol. The first-order chi connectivity index (χ1) is 8.53. The second kappa shape index (κ2) is 5.56. The van der Waals surface area contributed by atoms with E-state index in [2.05, 4.69) is 27.9 Å². The van der Waals surface area contributed by atoms with E-state index in [1.165, 1.54) is 11.3 Å². The molecule has 0 atom stereocenters. The molecule has 0 saturated heterocycles. The quantitative estimate of drug-likeness (QED) is 0.794. The summed E-state index contributed by atoms with van der Waals surface area (Å²) in [5.74, 6) is -1.20. The van der Waals surface area contributed by atoms with Crippen molar-refractivity contribution in [2.75, 3.05) is 0 Å². The van der Waals surface area contributed by atoms with Gasteiger partial charge in [0.05, 0.1) is 8.45 Å². The highest BCUT2D eigenvalue weighted by molar-refractivity contribution is 14.1. The number of carbonyl (C=O) groups is 2. The predicted octanol–water partition coefficient (Wildman–Crippen LogP) is 2.87. The maximum absolute atomic E-state index is 12.1. The molecule has 1 aromatic heterocycles. The highest BCUT2D eigenvalue weighted by atomic mass is 127. The van der Waals surface area contributed by atoms with E-state index in [4.69, 9.17) is 0 Å². The predicted molar refractivity (Wildman–Crippen MR) is 78.0 cm³/mol. The number of hydrogen-bond donors (Lipinski definition) is 2. The van der Waals surface area contributed by atoms with E-state index in [1.807, 2.05) is 0 Å². The van der Waals surface area contributed by atoms with Crippen LogP contribution >= 0.6 is 33.9 Å². The monoisotopic (exact) mass is 379 g/mol. The summed E-state index contributed by atoms with van der Waals surface area (Å²) >= 11 is 3.62. The third-order valence-electron chi connectivity index (χ3n) is 3.30. The smallest absolute Gasteiger partial charge is 0.329 e. The lowest BCUT2D eigenvalue weighted by Gasteiger charge is -2.33. The van der Waals surface area contributed by atoms with Gasteiger partial charge in [0.1, 0.15) is 5.54 Å². The van der Waals surface area contributed by atoms with Gasteiger partial charge in [0.15, 0.2) is 0 Å². The summed E-state index contributed by atoms with van der Waals surface area (Å²) in [6.45, 7) is 0. The summed E-state index contributed by atoms with van der Waals surface area (Å²) in [4.78, 5) is 23.5. The van der Waals surface area contributed by atoms with E-state index in [0.29, 0.717) is 18.4 Å². The van der Waals surface area contributed by atoms with Gasteiger partial charge in [0.2, 0.25) is 0 Å². The zero-order valence-electron chi connectivity index (χ0n) is 9.74. The van der Waals surface area contributed by atoms with Gasteiger partial charge >= 0.3 is 5.97 Å². The maximum atomic E-state index is 12.1. The molecule has 1 heterocycles. The Morgan fingerprint density at radius 3 is 2.50 bits per heavy atom. The molecule has 0 unspecified atom stereocenters. The van der Waals surface area contributed by atoms with Crippen LogP contribution < -0.4 is 5.32 Å². The standard InChI is InChI=1S/C12H14INO3S/c13-9-6-8(7-18-9)10(15)14-12(11(16)17)4-2-1-3-5-12/h6-7H,1-5H2,(H,14,15)(H,16,17). The Labute approximate surface area is 123 Å². The van der Waals surface area contributed by atoms with Crippen LogP contribution in [0.4, 0.5) is 0 Å². The number of rotatable bonds is 3. The van der Waals surface area contributed by atoms with Gasteiger partial charge in [-0.3, -0.25) is 4.79 Å². The summed E-state index contributed by atoms with van der Waals surface area (Å²) in [6.07, 6.45) is 3.80. The van der Waals surface area contributed by atoms with Crippen LogP contribution in [0.3, 0.4) is 0 Å². The number of aliphatic carboxylic acids is 1. The molecule has 4 nitrogen and oxygen atoms in total. The van der Waals surface area contributed by atoms with Crippen molar-refractivity contribution in [3.63, 3.8) is 0 Å². The molecule has 1 amide bonds. The molecule has 1 aliphatic rings. The molecule has 0 spiro atoms. The van der Waals surface area contributed by atoms with Crippen LogP contribution in [-0.4, -0.2) is 22.5 Å². The summed E-state index contributed by atoms with van der Waals surface area (Å²) in [5.41, 5.74) is -0.515. The van der Waals surface area contributed by atoms with Crippen LogP contribution in [0.15, 0.2) is 11.4 Å². The third kappa shape index (κ3) is 2.85. The molecule has 1 aliphatic carbocycles. The van der Waals surface area contributed by atoms with Crippen LogP contribution in [0, 0.1) is 2.88 Å². The van der Waals surface area contributed by atoms with Crippen molar-refractivity contribution in [2.24, 2.45) is 0 Å². The first kappa shape index (κ1) is 13.8. The van der Waals surface area contributed by atoms with Gasteiger partial charge in [-0.15, -0.1) is 11.3 Å². The third-order valence-corrected chi connectivity index (χ3v) is 5.09. The number of nitrogens with one attached hydrogen (secondary N) is 1. The fourth-order valence-corrected chi connectivity index (χ4v) is 3.59. The van der Waals surface area contributed by atoms with Gasteiger partial charge in [0.25, 0.3) is 5.91 Å². The Morgan fingerprint density at radius 1 is 1.33 bits per heavy atom. The lowest BCUT2D eigenvalue weighted by atomic mass is 9.81. The molecule has 98 valence electrons. The molecule has 6 heteroatoms. The van der Waals surface area contributed by atoms with Gasteiger partial charge in [-0.05, 0) is 41.5 Å². The molecule has 0 aromatic carbocycles. The minimum Gasteiger partial charge on any atom is -0.480 e. The van der Waals surface area contributed by atoms with Crippen LogP contribution in [0.25, 0.3) is 0 Å². The molecule has 18 heavy (non-hydrogen) atoms. The Morgan fingerprint density at radius 2 is 2.00 bits per heavy atom. The second-order valence-corrected chi connectivity index (χ2v) is 7.35. The van der Waals surface area contributed by atoms with E-state index in [9.17, 15) is 14.7 Å². The minimum absolute atomic E-state index is 0.279. The van der Waals surface area contributed by atoms with Crippen molar-refractivity contribution in [3.8, 4) is 0 Å². The number of hydrogen-bond acceptors (Lipinski definition) is 3. The highest BCUT2D eigenvalue weighted by Gasteiger charge is 2.41. The summed E-state index contributed by atoms with van der Waals surface area (Å²) < 4.78 is 1.02. The zero-order valence-corrected chi connectivity index (χ0v) is 12.7. The fraction of sp³-hybridized carbons (Fsp3) is 0.500. The van der Waals surface area contributed by atoms with Crippen molar-refractivity contribution in [3.05, 3.63) is 19.9 Å². The van der Waals surface area contributed by atoms with Crippen LogP contribution in [-0.2, 0) is 4.79 Å². The second-order valence-electron chi connectivity index (χ2n) is 4.54. The van der Waals surface area contributed by atoms with E-state index in [0.717, 1.165) is 22.1 Å². The maximum Gasteiger partial charge on any atom is 0.329 e. The van der Waals surface area contributed by atoms with Gasteiger partial charge in [-0.2, -0.15) is 0 Å². The van der Waals surface area contributed by atoms with Gasteiger partial charge < -0.3 is 10.4 Å². The SMILES string of the molecule is O=C(NC1(C(=O)O)CCCCC1)c1csc(I)c1. The fourth-order valence-electron chi connectivity index (χ4n) is 2.27. The van der Waals surface area contributed by atoms with Crippen molar-refractivity contribution in [1.29, 1.82) is 0 Å². The topological polar surface area (TPSA) is 66.4 Å². The number of halogens is 1. The summed E-state index contributed by atoms with van der Waals surface area (Å²) in [7, 11) is 0. The molecular formula is C12H14INO3S. The molecule has 1 saturated carbocycles. The lowest BCUT2D eigenvalue weighted by molar-refractivity contribution is -0.145. The van der Waals surface area contributed by atoms with E-state index < -0.39 is 11.5 Å². The molecular weight excluding hydrogens is 365 g/mol. The Kier molecular flexibility index (Phi) is 4.26. The Bertz CT molecular complexity index is 466. The number of carboxylic acid groups (broad SMARTS) is 1. The normalized spacial score (nSPS) is 18.3. The summed E-state index contributed by atoms with van der Waals surface area (Å²) in [5, 5.41) is 13.9. The van der Waals surface area contributed by atoms with Crippen molar-refractivity contribution < 1.29 is 14.7 Å². The van der Waals surface area contributed by atoms with Crippen molar-refractivity contribution in [1.82, 2.24) is 5.32 Å². The van der Waals surface area contributed by atoms with Crippen LogP contribution in [0.1, 0.15) is 42.5 Å². The molecule has 2 N–H and O–H groups in total. The van der Waals surface area contributed by atoms with Crippen LogP contribution in [0.5, 0.6) is 0 Å². The molecule has 0 aliphatic heterocycles. The summed E-state index contributed by atoms with van der Waals surface area (Å²) in [6, 6.07) is 1.78. The van der Waals surface area contributed by atoms with Crippen molar-refractivity contribution in [2.45, 2.75) is 37.6 Å². The van der Waals surface area contributed by atoms with Crippen LogP contribution in [0.2, 0.25) is 0 Å². The van der Waals surface area contributed by atoms with Gasteiger partial charge in [-0.25, -0.2) is 4.79 Å². The largest absolute Gasteiger partial charge is 0.480 e. The van der Waals surface area contributed by atoms with E-state index in [1.54, 1.807) is 11.4 Å². The van der Waals surface area contributed by atoms with E-state index in [-0.39, 0.29) is 5.91 Å². The number of thiophene rings is 1. The lowest BCUT2D eigenvalue weighted by Crippen LogP contribution is -2.55. The first-order valence-corrected chi connectivity index (χ1v) is 7.79. The molecule has 1 fully saturated rings. The van der Waals surface area contributed by atoms with Gasteiger partial charge in [0, 0.05) is 5.38 Å².